The van der Waals surface area contributed by atoms with Gasteiger partial charge in [0, 0.05) is 18.8 Å². The Kier molecular flexibility index (Phi) is 10.2. The number of amides is 1. The summed E-state index contributed by atoms with van der Waals surface area (Å²) in [6.07, 6.45) is 7.33. The second kappa shape index (κ2) is 13.6. The number of rotatable bonds is 12. The molecule has 1 N–H and O–H groups in total. The van der Waals surface area contributed by atoms with Crippen LogP contribution in [0, 0.1) is 0 Å². The van der Waals surface area contributed by atoms with Gasteiger partial charge in [0.1, 0.15) is 17.9 Å². The number of ether oxygens (including phenoxy) is 2. The number of carbonyl (C=O) groups excluding carboxylic acids is 2. The Hall–Kier alpha value is -3.28. The molecule has 1 heterocycles. The van der Waals surface area contributed by atoms with E-state index in [1.807, 2.05) is 0 Å². The number of nitrogens with one attached hydrogen (secondary N) is 1. The lowest BCUT2D eigenvalue weighted by molar-refractivity contribution is -0.121. The Morgan fingerprint density at radius 3 is 2.60 bits per heavy atom. The Morgan fingerprint density at radius 2 is 1.89 bits per heavy atom. The lowest BCUT2D eigenvalue weighted by atomic mass is 9.97. The minimum atomic E-state index is -0.445. The van der Waals surface area contributed by atoms with E-state index in [0.29, 0.717) is 11.3 Å². The first-order chi connectivity index (χ1) is 17.1. The smallest absolute Gasteiger partial charge is 0.341 e. The molecule has 0 bridgehead atoms. The summed E-state index contributed by atoms with van der Waals surface area (Å²) in [7, 11) is 0. The van der Waals surface area contributed by atoms with Crippen LogP contribution in [0.15, 0.2) is 55.1 Å². The van der Waals surface area contributed by atoms with Gasteiger partial charge in [0.25, 0.3) is 0 Å². The fraction of sp³-hybridized carbons (Fsp3) is 0.448. The topological polar surface area (TPSA) is 67.9 Å². The van der Waals surface area contributed by atoms with Crippen molar-refractivity contribution in [3.8, 4) is 5.75 Å². The van der Waals surface area contributed by atoms with Crippen LogP contribution in [0.25, 0.3) is 0 Å². The molecule has 1 aliphatic heterocycles. The molecule has 0 radical (unpaired) electrons. The highest BCUT2D eigenvalue weighted by Crippen LogP contribution is 2.31. The van der Waals surface area contributed by atoms with Crippen molar-refractivity contribution in [2.75, 3.05) is 31.2 Å². The molecule has 6 heteroatoms. The first-order valence-electron chi connectivity index (χ1n) is 12.7. The molecule has 0 saturated carbocycles. The van der Waals surface area contributed by atoms with E-state index >= 15 is 0 Å². The standard InChI is InChI=1S/C29H38N2O4/c1-4-12-25(23-13-8-9-14-26(23)31-17-10-7-11-18-31)30-28(32)21-22-15-16-24(29(33)34-6-3)27(20-22)35-19-5-2/h5,8-9,13-16,20,25H,2,4,6-7,10-12,17-19,21H2,1,3H3,(H,30,32). The molecule has 0 aromatic heterocycles. The van der Waals surface area contributed by atoms with E-state index in [0.717, 1.165) is 31.5 Å². The fourth-order valence-electron chi connectivity index (χ4n) is 4.55. The molecule has 6 nitrogen and oxygen atoms in total. The van der Waals surface area contributed by atoms with E-state index in [-0.39, 0.29) is 31.6 Å². The van der Waals surface area contributed by atoms with Crippen LogP contribution in [0.2, 0.25) is 0 Å². The van der Waals surface area contributed by atoms with Crippen molar-refractivity contribution in [2.24, 2.45) is 0 Å². The minimum Gasteiger partial charge on any atom is -0.489 e. The van der Waals surface area contributed by atoms with Gasteiger partial charge in [-0.25, -0.2) is 4.79 Å². The van der Waals surface area contributed by atoms with Gasteiger partial charge in [-0.2, -0.15) is 0 Å². The summed E-state index contributed by atoms with van der Waals surface area (Å²) >= 11 is 0. The minimum absolute atomic E-state index is 0.0547. The van der Waals surface area contributed by atoms with Crippen LogP contribution in [0.3, 0.4) is 0 Å². The third-order valence-electron chi connectivity index (χ3n) is 6.18. The van der Waals surface area contributed by atoms with E-state index in [1.165, 1.54) is 30.5 Å². The molecule has 2 aromatic rings. The van der Waals surface area contributed by atoms with Crippen molar-refractivity contribution in [1.82, 2.24) is 5.32 Å². The monoisotopic (exact) mass is 478 g/mol. The number of nitrogens with zero attached hydrogens (tertiary/aromatic N) is 1. The Labute approximate surface area is 209 Å². The third-order valence-corrected chi connectivity index (χ3v) is 6.18. The summed E-state index contributed by atoms with van der Waals surface area (Å²) in [6, 6.07) is 13.6. The zero-order valence-corrected chi connectivity index (χ0v) is 21.1. The van der Waals surface area contributed by atoms with Crippen molar-refractivity contribution >= 4 is 17.6 Å². The molecular formula is C29H38N2O4. The number of piperidine rings is 1. The second-order valence-electron chi connectivity index (χ2n) is 8.84. The van der Waals surface area contributed by atoms with Crippen LogP contribution in [0.4, 0.5) is 5.69 Å². The Balaban J connectivity index is 1.77. The zero-order chi connectivity index (χ0) is 25.0. The molecular weight excluding hydrogens is 440 g/mol. The molecule has 0 aliphatic carbocycles. The van der Waals surface area contributed by atoms with Crippen molar-refractivity contribution in [2.45, 2.75) is 58.4 Å². The van der Waals surface area contributed by atoms with Gasteiger partial charge in [-0.3, -0.25) is 4.79 Å². The summed E-state index contributed by atoms with van der Waals surface area (Å²) in [4.78, 5) is 27.9. The molecule has 35 heavy (non-hydrogen) atoms. The van der Waals surface area contributed by atoms with Crippen LogP contribution >= 0.6 is 0 Å². The highest BCUT2D eigenvalue weighted by molar-refractivity contribution is 5.93. The van der Waals surface area contributed by atoms with Crippen molar-refractivity contribution in [1.29, 1.82) is 0 Å². The third kappa shape index (κ3) is 7.35. The molecule has 3 rings (SSSR count). The molecule has 2 aromatic carbocycles. The number of benzene rings is 2. The van der Waals surface area contributed by atoms with E-state index in [1.54, 1.807) is 31.2 Å². The maximum absolute atomic E-state index is 13.1. The van der Waals surface area contributed by atoms with Gasteiger partial charge < -0.3 is 19.7 Å². The lowest BCUT2D eigenvalue weighted by Crippen LogP contribution is -2.34. The van der Waals surface area contributed by atoms with E-state index < -0.39 is 5.97 Å². The first kappa shape index (κ1) is 26.3. The molecule has 1 fully saturated rings. The number of carbonyl (C=O) groups is 2. The number of esters is 1. The summed E-state index contributed by atoms with van der Waals surface area (Å²) in [5.41, 5.74) is 3.52. The summed E-state index contributed by atoms with van der Waals surface area (Å²) < 4.78 is 10.8. The van der Waals surface area contributed by atoms with E-state index in [4.69, 9.17) is 9.47 Å². The average Bonchev–Trinajstić information content (AvgIpc) is 2.88. The molecule has 1 saturated heterocycles. The molecule has 1 atom stereocenters. The van der Waals surface area contributed by atoms with Crippen LogP contribution in [-0.2, 0) is 16.0 Å². The quantitative estimate of drug-likeness (QED) is 0.317. The number of para-hydroxylation sites is 1. The van der Waals surface area contributed by atoms with Crippen molar-refractivity contribution < 1.29 is 19.1 Å². The Morgan fingerprint density at radius 1 is 1.11 bits per heavy atom. The predicted octanol–water partition coefficient (Wildman–Crippen LogP) is 5.62. The first-order valence-corrected chi connectivity index (χ1v) is 12.7. The zero-order valence-electron chi connectivity index (χ0n) is 21.1. The maximum Gasteiger partial charge on any atom is 0.341 e. The van der Waals surface area contributed by atoms with Crippen LogP contribution in [0.1, 0.15) is 73.5 Å². The van der Waals surface area contributed by atoms with Gasteiger partial charge >= 0.3 is 5.97 Å². The van der Waals surface area contributed by atoms with Crippen LogP contribution < -0.4 is 15.0 Å². The molecule has 1 unspecified atom stereocenters. The summed E-state index contributed by atoms with van der Waals surface area (Å²) in [5, 5.41) is 3.27. The SMILES string of the molecule is C=CCOc1cc(CC(=O)NC(CCC)c2ccccc2N2CCCCC2)ccc1C(=O)OCC. The number of hydrogen-bond donors (Lipinski definition) is 1. The largest absolute Gasteiger partial charge is 0.489 e. The van der Waals surface area contributed by atoms with Gasteiger partial charge in [-0.05, 0) is 61.9 Å². The van der Waals surface area contributed by atoms with Gasteiger partial charge in [-0.1, -0.05) is 50.3 Å². The summed E-state index contributed by atoms with van der Waals surface area (Å²) in [6.45, 7) is 10.2. The molecule has 1 amide bonds. The molecule has 188 valence electrons. The fourth-order valence-corrected chi connectivity index (χ4v) is 4.55. The normalized spacial score (nSPS) is 14.2. The lowest BCUT2D eigenvalue weighted by Gasteiger charge is -2.32. The average molecular weight is 479 g/mol. The van der Waals surface area contributed by atoms with Crippen LogP contribution in [-0.4, -0.2) is 38.2 Å². The highest BCUT2D eigenvalue weighted by atomic mass is 16.5. The number of hydrogen-bond acceptors (Lipinski definition) is 5. The predicted molar refractivity (Wildman–Crippen MR) is 140 cm³/mol. The number of anilines is 1. The van der Waals surface area contributed by atoms with Gasteiger partial charge in [0.15, 0.2) is 0 Å². The summed E-state index contributed by atoms with van der Waals surface area (Å²) in [5.74, 6) is -0.107. The molecule has 0 spiro atoms. The van der Waals surface area contributed by atoms with Crippen molar-refractivity contribution in [3.05, 3.63) is 71.8 Å². The van der Waals surface area contributed by atoms with E-state index in [2.05, 4.69) is 48.0 Å². The maximum atomic E-state index is 13.1. The van der Waals surface area contributed by atoms with Crippen LogP contribution in [0.5, 0.6) is 5.75 Å². The molecule has 1 aliphatic rings. The second-order valence-corrected chi connectivity index (χ2v) is 8.84. The van der Waals surface area contributed by atoms with Gasteiger partial charge in [0.2, 0.25) is 5.91 Å². The van der Waals surface area contributed by atoms with Gasteiger partial charge in [0.05, 0.1) is 19.1 Å². The van der Waals surface area contributed by atoms with Gasteiger partial charge in [-0.15, -0.1) is 0 Å². The van der Waals surface area contributed by atoms with Crippen molar-refractivity contribution in [3.63, 3.8) is 0 Å². The van der Waals surface area contributed by atoms with E-state index in [9.17, 15) is 9.59 Å². The Bertz CT molecular complexity index is 998. The highest BCUT2D eigenvalue weighted by Gasteiger charge is 2.22.